The number of carbonyl (C=O) groups excluding carboxylic acids is 1. The van der Waals surface area contributed by atoms with Crippen LogP contribution in [0, 0.1) is 10.1 Å². The lowest BCUT2D eigenvalue weighted by atomic mass is 10.2. The van der Waals surface area contributed by atoms with Crippen molar-refractivity contribution in [2.45, 2.75) is 6.61 Å². The van der Waals surface area contributed by atoms with Gasteiger partial charge in [0.05, 0.1) is 22.3 Å². The number of rotatable bonds is 7. The summed E-state index contributed by atoms with van der Waals surface area (Å²) in [6.45, 7) is 0.411. The maximum atomic E-state index is 12.1. The lowest BCUT2D eigenvalue weighted by Crippen LogP contribution is -2.36. The van der Waals surface area contributed by atoms with Crippen LogP contribution in [0.4, 0.5) is 16.2 Å². The van der Waals surface area contributed by atoms with Crippen LogP contribution in [0.5, 0.6) is 5.75 Å². The van der Waals surface area contributed by atoms with Crippen molar-refractivity contribution in [2.75, 3.05) is 30.9 Å². The molecular weight excluding hydrogens is 453 g/mol. The maximum Gasteiger partial charge on any atom is 0.515 e. The third kappa shape index (κ3) is 6.03. The Bertz CT molecular complexity index is 996. The molecule has 2 aromatic carbocycles. The van der Waals surface area contributed by atoms with Crippen molar-refractivity contribution < 1.29 is 24.2 Å². The summed E-state index contributed by atoms with van der Waals surface area (Å²) in [6.07, 6.45) is -0.997. The highest BCUT2D eigenvalue weighted by Gasteiger charge is 2.21. The van der Waals surface area contributed by atoms with E-state index in [1.807, 2.05) is 0 Å². The van der Waals surface area contributed by atoms with Crippen LogP contribution in [0.15, 0.2) is 41.4 Å². The van der Waals surface area contributed by atoms with E-state index < -0.39 is 11.2 Å². The van der Waals surface area contributed by atoms with Crippen molar-refractivity contribution in [3.63, 3.8) is 0 Å². The van der Waals surface area contributed by atoms with Gasteiger partial charge >= 0.3 is 6.16 Å². The molecule has 0 atom stereocenters. The molecule has 1 heterocycles. The van der Waals surface area contributed by atoms with Gasteiger partial charge in [-0.25, -0.2) is 4.79 Å². The first-order valence-corrected chi connectivity index (χ1v) is 9.60. The first-order chi connectivity index (χ1) is 14.8. The number of nitrogens with two attached hydrogens (primary N) is 1. The molecule has 164 valence electrons. The van der Waals surface area contributed by atoms with E-state index in [2.05, 4.69) is 15.1 Å². The van der Waals surface area contributed by atoms with Crippen LogP contribution in [-0.2, 0) is 16.2 Å². The molecule has 3 rings (SSSR count). The molecule has 0 unspecified atom stereocenters. The molecule has 0 fully saturated rings. The number of benzene rings is 2. The lowest BCUT2D eigenvalue weighted by Gasteiger charge is -2.21. The Morgan fingerprint density at radius 2 is 2.00 bits per heavy atom. The third-order valence-corrected chi connectivity index (χ3v) is 4.66. The number of nitrogen functional groups attached to an aromatic ring is 1. The van der Waals surface area contributed by atoms with Gasteiger partial charge in [0.25, 0.3) is 5.09 Å². The number of halogens is 2. The molecule has 0 saturated carbocycles. The largest absolute Gasteiger partial charge is 0.515 e. The van der Waals surface area contributed by atoms with Crippen LogP contribution >= 0.6 is 23.2 Å². The van der Waals surface area contributed by atoms with E-state index in [0.717, 1.165) is 0 Å². The zero-order valence-electron chi connectivity index (χ0n) is 15.9. The summed E-state index contributed by atoms with van der Waals surface area (Å²) in [5, 5.41) is 13.1. The van der Waals surface area contributed by atoms with Crippen molar-refractivity contribution in [3.8, 4) is 5.75 Å². The molecule has 0 amide bonds. The summed E-state index contributed by atoms with van der Waals surface area (Å²) in [5.74, 6) is 0.490. The molecule has 2 aromatic rings. The van der Waals surface area contributed by atoms with E-state index in [0.29, 0.717) is 46.0 Å². The normalized spacial score (nSPS) is 12.8. The van der Waals surface area contributed by atoms with Crippen LogP contribution in [0.2, 0.25) is 10.0 Å². The first-order valence-electron chi connectivity index (χ1n) is 8.84. The fourth-order valence-corrected chi connectivity index (χ4v) is 3.24. The topological polar surface area (TPSA) is 142 Å². The minimum Gasteiger partial charge on any atom is -0.412 e. The summed E-state index contributed by atoms with van der Waals surface area (Å²) < 4.78 is 10.3. The molecule has 0 saturated heterocycles. The van der Waals surface area contributed by atoms with E-state index >= 15 is 0 Å². The SMILES string of the molecule is Nc1cc(Cl)c(NC2=NCCN2COC(=O)Oc2ccccc2CO[N+](=O)[O-])c(Cl)c1. The van der Waals surface area contributed by atoms with Gasteiger partial charge < -0.3 is 30.3 Å². The highest BCUT2D eigenvalue weighted by Crippen LogP contribution is 2.33. The van der Waals surface area contributed by atoms with Crippen LogP contribution in [0.25, 0.3) is 0 Å². The molecule has 1 aliphatic heterocycles. The van der Waals surface area contributed by atoms with Crippen LogP contribution < -0.4 is 15.8 Å². The van der Waals surface area contributed by atoms with E-state index in [-0.39, 0.29) is 19.1 Å². The van der Waals surface area contributed by atoms with Crippen molar-refractivity contribution in [1.82, 2.24) is 4.90 Å². The molecular formula is C18H17Cl2N5O6. The van der Waals surface area contributed by atoms with Crippen LogP contribution in [0.3, 0.4) is 0 Å². The number of carbonyl (C=O) groups is 1. The molecule has 0 radical (unpaired) electrons. The van der Waals surface area contributed by atoms with Gasteiger partial charge in [0.1, 0.15) is 12.4 Å². The van der Waals surface area contributed by atoms with Crippen LogP contribution in [-0.4, -0.2) is 41.9 Å². The number of aliphatic imine (C=N–C) groups is 1. The Kier molecular flexibility index (Phi) is 7.21. The minimum atomic E-state index is -0.997. The maximum absolute atomic E-state index is 12.1. The molecule has 0 bridgehead atoms. The van der Waals surface area contributed by atoms with Crippen molar-refractivity contribution in [1.29, 1.82) is 0 Å². The molecule has 11 nitrogen and oxygen atoms in total. The highest BCUT2D eigenvalue weighted by molar-refractivity contribution is 6.40. The van der Waals surface area contributed by atoms with E-state index in [1.165, 1.54) is 12.1 Å². The standard InChI is InChI=1S/C18H17Cl2N5O6/c19-13-7-12(21)8-14(20)16(13)23-17-22-5-6-24(17)10-29-18(26)31-15-4-2-1-3-11(15)9-30-25(27)28/h1-4,7-8H,5-6,9-10,21H2,(H,22,23). The zero-order valence-corrected chi connectivity index (χ0v) is 17.4. The molecule has 13 heteroatoms. The average Bonchev–Trinajstić information content (AvgIpc) is 3.15. The molecule has 0 aliphatic carbocycles. The van der Waals surface area contributed by atoms with E-state index in [9.17, 15) is 14.9 Å². The summed E-state index contributed by atoms with van der Waals surface area (Å²) >= 11 is 12.4. The second-order valence-corrected chi connectivity index (χ2v) is 7.00. The summed E-state index contributed by atoms with van der Waals surface area (Å²) in [5.41, 5.74) is 6.86. The predicted octanol–water partition coefficient (Wildman–Crippen LogP) is 3.54. The summed E-state index contributed by atoms with van der Waals surface area (Å²) in [6, 6.07) is 9.32. The highest BCUT2D eigenvalue weighted by atomic mass is 35.5. The lowest BCUT2D eigenvalue weighted by molar-refractivity contribution is -0.763. The van der Waals surface area contributed by atoms with Gasteiger partial charge in [-0.05, 0) is 18.2 Å². The predicted molar refractivity (Wildman–Crippen MR) is 114 cm³/mol. The number of nitrogens with zero attached hydrogens (tertiary/aromatic N) is 3. The van der Waals surface area contributed by atoms with Gasteiger partial charge in [0.15, 0.2) is 6.73 Å². The van der Waals surface area contributed by atoms with Crippen molar-refractivity contribution >= 4 is 46.7 Å². The number of nitrogens with one attached hydrogen (secondary N) is 1. The first kappa shape index (κ1) is 22.2. The minimum absolute atomic E-state index is 0.0863. The van der Waals surface area contributed by atoms with Gasteiger partial charge in [-0.2, -0.15) is 0 Å². The molecule has 3 N–H and O–H groups in total. The van der Waals surface area contributed by atoms with E-state index in [1.54, 1.807) is 29.2 Å². The quantitative estimate of drug-likeness (QED) is 0.204. The monoisotopic (exact) mass is 469 g/mol. The summed E-state index contributed by atoms with van der Waals surface area (Å²) in [4.78, 5) is 32.8. The molecule has 31 heavy (non-hydrogen) atoms. The number of hydrogen-bond acceptors (Lipinski definition) is 10. The second kappa shape index (κ2) is 10.0. The fraction of sp³-hybridized carbons (Fsp3) is 0.222. The van der Waals surface area contributed by atoms with Gasteiger partial charge in [-0.3, -0.25) is 4.99 Å². The van der Waals surface area contributed by atoms with Gasteiger partial charge in [-0.1, -0.05) is 41.4 Å². The number of ether oxygens (including phenoxy) is 2. The van der Waals surface area contributed by atoms with E-state index in [4.69, 9.17) is 38.4 Å². The third-order valence-electron chi connectivity index (χ3n) is 4.06. The fourth-order valence-electron chi connectivity index (χ4n) is 2.65. The Morgan fingerprint density at radius 3 is 2.71 bits per heavy atom. The number of anilines is 2. The number of guanidine groups is 1. The van der Waals surface area contributed by atoms with Gasteiger partial charge in [0.2, 0.25) is 5.96 Å². The van der Waals surface area contributed by atoms with Gasteiger partial charge in [-0.15, -0.1) is 10.1 Å². The molecule has 0 spiro atoms. The number of hydrogen-bond donors (Lipinski definition) is 2. The number of para-hydroxylation sites is 1. The Morgan fingerprint density at radius 1 is 1.29 bits per heavy atom. The second-order valence-electron chi connectivity index (χ2n) is 6.18. The molecule has 1 aliphatic rings. The average molecular weight is 470 g/mol. The summed E-state index contributed by atoms with van der Waals surface area (Å²) in [7, 11) is 0. The van der Waals surface area contributed by atoms with Crippen LogP contribution in [0.1, 0.15) is 5.56 Å². The van der Waals surface area contributed by atoms with Crippen molar-refractivity contribution in [2.24, 2.45) is 4.99 Å². The Labute approximate surface area is 186 Å². The molecule has 0 aromatic heterocycles. The zero-order chi connectivity index (χ0) is 22.4. The Balaban J connectivity index is 1.57. The smallest absolute Gasteiger partial charge is 0.412 e. The van der Waals surface area contributed by atoms with Gasteiger partial charge in [0, 0.05) is 17.8 Å². The Hall–Kier alpha value is -3.44. The van der Waals surface area contributed by atoms with Crippen molar-refractivity contribution in [3.05, 3.63) is 62.1 Å².